The molecule has 1 aliphatic rings. The third-order valence-electron chi connectivity index (χ3n) is 2.76. The molecule has 0 amide bonds. The van der Waals surface area contributed by atoms with Gasteiger partial charge in [-0.1, -0.05) is 18.6 Å². The second kappa shape index (κ2) is 3.46. The molecule has 0 heterocycles. The van der Waals surface area contributed by atoms with Gasteiger partial charge in [0, 0.05) is 5.92 Å². The molecule has 1 aromatic carbocycles. The van der Waals surface area contributed by atoms with Gasteiger partial charge < -0.3 is 5.11 Å². The van der Waals surface area contributed by atoms with E-state index in [9.17, 15) is 9.50 Å². The Balaban J connectivity index is 2.24. The molecule has 0 radical (unpaired) electrons. The lowest BCUT2D eigenvalue weighted by molar-refractivity contribution is 0.163. The Morgan fingerprint density at radius 1 is 1.31 bits per heavy atom. The van der Waals surface area contributed by atoms with Gasteiger partial charge in [-0.05, 0) is 30.5 Å². The Labute approximate surface area is 77.2 Å². The Kier molecular flexibility index (Phi) is 2.32. The topological polar surface area (TPSA) is 20.2 Å². The van der Waals surface area contributed by atoms with Crippen molar-refractivity contribution in [1.82, 2.24) is 0 Å². The van der Waals surface area contributed by atoms with Crippen molar-refractivity contribution in [2.45, 2.75) is 31.3 Å². The molecule has 0 spiro atoms. The van der Waals surface area contributed by atoms with Crippen molar-refractivity contribution in [1.29, 1.82) is 0 Å². The number of aliphatic hydroxyl groups excluding tert-OH is 1. The molecule has 0 unspecified atom stereocenters. The predicted molar refractivity (Wildman–Crippen MR) is 49.0 cm³/mol. The molecular formula is C11H13FO. The first kappa shape index (κ1) is 8.70. The zero-order valence-electron chi connectivity index (χ0n) is 7.41. The lowest BCUT2D eigenvalue weighted by Gasteiger charge is -2.14. The lowest BCUT2D eigenvalue weighted by Crippen LogP contribution is -2.10. The molecule has 1 nitrogen and oxygen atoms in total. The van der Waals surface area contributed by atoms with Gasteiger partial charge in [-0.3, -0.25) is 0 Å². The average molecular weight is 180 g/mol. The number of hydrogen-bond donors (Lipinski definition) is 1. The van der Waals surface area contributed by atoms with Gasteiger partial charge >= 0.3 is 0 Å². The first-order valence-electron chi connectivity index (χ1n) is 4.71. The highest BCUT2D eigenvalue weighted by Crippen LogP contribution is 2.34. The van der Waals surface area contributed by atoms with Crippen molar-refractivity contribution in [3.05, 3.63) is 35.6 Å². The van der Waals surface area contributed by atoms with Crippen LogP contribution in [-0.4, -0.2) is 11.2 Å². The van der Waals surface area contributed by atoms with Gasteiger partial charge in [0.05, 0.1) is 6.10 Å². The van der Waals surface area contributed by atoms with Crippen molar-refractivity contribution in [3.8, 4) is 0 Å². The molecule has 0 saturated heterocycles. The normalized spacial score (nSPS) is 27.8. The van der Waals surface area contributed by atoms with E-state index in [1.165, 1.54) is 12.1 Å². The van der Waals surface area contributed by atoms with Crippen LogP contribution in [0.4, 0.5) is 4.39 Å². The number of hydrogen-bond acceptors (Lipinski definition) is 1. The maximum atomic E-state index is 12.9. The zero-order valence-corrected chi connectivity index (χ0v) is 7.41. The van der Waals surface area contributed by atoms with E-state index < -0.39 is 0 Å². The number of halogens is 1. The van der Waals surface area contributed by atoms with Gasteiger partial charge in [-0.2, -0.15) is 0 Å². The SMILES string of the molecule is O[C@H]1CCC[C@H]1c1cccc(F)c1. The minimum absolute atomic E-state index is 0.149. The van der Waals surface area contributed by atoms with Crippen molar-refractivity contribution in [2.24, 2.45) is 0 Å². The van der Waals surface area contributed by atoms with Crippen molar-refractivity contribution in [3.63, 3.8) is 0 Å². The fourth-order valence-electron chi connectivity index (χ4n) is 2.07. The van der Waals surface area contributed by atoms with E-state index in [4.69, 9.17) is 0 Å². The fraction of sp³-hybridized carbons (Fsp3) is 0.455. The highest BCUT2D eigenvalue weighted by atomic mass is 19.1. The van der Waals surface area contributed by atoms with Crippen LogP contribution in [0.5, 0.6) is 0 Å². The molecule has 1 saturated carbocycles. The maximum absolute atomic E-state index is 12.9. The molecule has 2 rings (SSSR count). The first-order valence-corrected chi connectivity index (χ1v) is 4.71. The standard InChI is InChI=1S/C11H13FO/c12-9-4-1-3-8(7-9)10-5-2-6-11(10)13/h1,3-4,7,10-11,13H,2,5-6H2/t10-,11-/m0/s1. The molecule has 1 aromatic rings. The van der Waals surface area contributed by atoms with Gasteiger partial charge in [-0.15, -0.1) is 0 Å². The molecule has 1 fully saturated rings. The number of rotatable bonds is 1. The molecule has 0 aliphatic heterocycles. The van der Waals surface area contributed by atoms with Crippen molar-refractivity contribution >= 4 is 0 Å². The molecule has 0 aromatic heterocycles. The highest BCUT2D eigenvalue weighted by Gasteiger charge is 2.26. The molecule has 1 aliphatic carbocycles. The van der Waals surface area contributed by atoms with E-state index in [0.717, 1.165) is 24.8 Å². The molecule has 2 atom stereocenters. The second-order valence-electron chi connectivity index (χ2n) is 3.66. The van der Waals surface area contributed by atoms with Crippen LogP contribution in [0, 0.1) is 5.82 Å². The third kappa shape index (κ3) is 1.73. The zero-order chi connectivity index (χ0) is 9.26. The second-order valence-corrected chi connectivity index (χ2v) is 3.66. The Hall–Kier alpha value is -0.890. The van der Waals surface area contributed by atoms with Gasteiger partial charge in [0.15, 0.2) is 0 Å². The van der Waals surface area contributed by atoms with Crippen molar-refractivity contribution < 1.29 is 9.50 Å². The first-order chi connectivity index (χ1) is 6.27. The Bertz CT molecular complexity index is 298. The molecular weight excluding hydrogens is 167 g/mol. The molecule has 70 valence electrons. The summed E-state index contributed by atoms with van der Waals surface area (Å²) in [5, 5.41) is 9.61. The van der Waals surface area contributed by atoms with E-state index in [1.807, 2.05) is 6.07 Å². The van der Waals surface area contributed by atoms with Crippen LogP contribution in [0.3, 0.4) is 0 Å². The summed E-state index contributed by atoms with van der Waals surface area (Å²) in [6.45, 7) is 0. The minimum Gasteiger partial charge on any atom is -0.392 e. The minimum atomic E-state index is -0.276. The van der Waals surface area contributed by atoms with E-state index in [0.29, 0.717) is 0 Å². The molecule has 2 heteroatoms. The van der Waals surface area contributed by atoms with Gasteiger partial charge in [-0.25, -0.2) is 4.39 Å². The maximum Gasteiger partial charge on any atom is 0.123 e. The summed E-state index contributed by atoms with van der Waals surface area (Å²) < 4.78 is 12.9. The smallest absolute Gasteiger partial charge is 0.123 e. The van der Waals surface area contributed by atoms with E-state index in [2.05, 4.69) is 0 Å². The summed E-state index contributed by atoms with van der Waals surface area (Å²) >= 11 is 0. The van der Waals surface area contributed by atoms with Crippen LogP contribution in [0.2, 0.25) is 0 Å². The van der Waals surface area contributed by atoms with E-state index >= 15 is 0 Å². The van der Waals surface area contributed by atoms with Gasteiger partial charge in [0.2, 0.25) is 0 Å². The summed E-state index contributed by atoms with van der Waals surface area (Å²) in [4.78, 5) is 0. The van der Waals surface area contributed by atoms with Crippen LogP contribution in [-0.2, 0) is 0 Å². The molecule has 1 N–H and O–H groups in total. The summed E-state index contributed by atoms with van der Waals surface area (Å²) in [5.74, 6) is -0.0627. The Morgan fingerprint density at radius 3 is 2.77 bits per heavy atom. The molecule has 13 heavy (non-hydrogen) atoms. The summed E-state index contributed by atoms with van der Waals surface area (Å²) in [6, 6.07) is 6.56. The fourth-order valence-corrected chi connectivity index (χ4v) is 2.07. The van der Waals surface area contributed by atoms with E-state index in [-0.39, 0.29) is 17.8 Å². The number of benzene rings is 1. The third-order valence-corrected chi connectivity index (χ3v) is 2.76. The monoisotopic (exact) mass is 180 g/mol. The quantitative estimate of drug-likeness (QED) is 0.703. The lowest BCUT2D eigenvalue weighted by atomic mass is 9.96. The van der Waals surface area contributed by atoms with E-state index in [1.54, 1.807) is 6.07 Å². The predicted octanol–water partition coefficient (Wildman–Crippen LogP) is 2.45. The molecule has 0 bridgehead atoms. The van der Waals surface area contributed by atoms with Gasteiger partial charge in [0.1, 0.15) is 5.82 Å². The van der Waals surface area contributed by atoms with Crippen LogP contribution < -0.4 is 0 Å². The highest BCUT2D eigenvalue weighted by molar-refractivity contribution is 5.22. The van der Waals surface area contributed by atoms with Crippen molar-refractivity contribution in [2.75, 3.05) is 0 Å². The van der Waals surface area contributed by atoms with Gasteiger partial charge in [0.25, 0.3) is 0 Å². The van der Waals surface area contributed by atoms with Crippen LogP contribution >= 0.6 is 0 Å². The average Bonchev–Trinajstić information content (AvgIpc) is 2.51. The largest absolute Gasteiger partial charge is 0.392 e. The van der Waals surface area contributed by atoms with Crippen LogP contribution in [0.15, 0.2) is 24.3 Å². The number of aliphatic hydroxyl groups is 1. The van der Waals surface area contributed by atoms with Crippen LogP contribution in [0.1, 0.15) is 30.7 Å². The summed E-state index contributed by atoms with van der Waals surface area (Å²) in [6.07, 6.45) is 2.59. The Morgan fingerprint density at radius 2 is 2.15 bits per heavy atom. The van der Waals surface area contributed by atoms with Crippen LogP contribution in [0.25, 0.3) is 0 Å². The summed E-state index contributed by atoms with van der Waals surface area (Å²) in [5.41, 5.74) is 0.935. The summed E-state index contributed by atoms with van der Waals surface area (Å²) in [7, 11) is 0.